The van der Waals surface area contributed by atoms with Crippen molar-refractivity contribution >= 4 is 24.4 Å². The van der Waals surface area contributed by atoms with Crippen LogP contribution in [0.25, 0.3) is 0 Å². The minimum absolute atomic E-state index is 0.182. The molecule has 2 rings (SSSR count). The van der Waals surface area contributed by atoms with Crippen LogP contribution in [0, 0.1) is 0 Å². The average molecular weight is 289 g/mol. The second kappa shape index (κ2) is 6.30. The summed E-state index contributed by atoms with van der Waals surface area (Å²) in [7, 11) is 0. The molecular formula is C15H15NO5. The van der Waals surface area contributed by atoms with E-state index in [2.05, 4.69) is 0 Å². The molecule has 0 spiro atoms. The van der Waals surface area contributed by atoms with Gasteiger partial charge in [-0.2, -0.15) is 0 Å². The van der Waals surface area contributed by atoms with Crippen LogP contribution in [0.4, 0.5) is 0 Å². The number of benzene rings is 1. The van der Waals surface area contributed by atoms with Gasteiger partial charge in [-0.3, -0.25) is 19.3 Å². The summed E-state index contributed by atoms with van der Waals surface area (Å²) in [6.07, 6.45) is 2.03. The van der Waals surface area contributed by atoms with Gasteiger partial charge in [0.2, 0.25) is 0 Å². The Bertz CT molecular complexity index is 596. The molecule has 6 nitrogen and oxygen atoms in total. The summed E-state index contributed by atoms with van der Waals surface area (Å²) in [5.74, 6) is -0.622. The molecule has 6 heteroatoms. The Labute approximate surface area is 121 Å². The van der Waals surface area contributed by atoms with Gasteiger partial charge in [0.15, 0.2) is 6.29 Å². The van der Waals surface area contributed by atoms with Gasteiger partial charge in [-0.15, -0.1) is 0 Å². The summed E-state index contributed by atoms with van der Waals surface area (Å²) < 4.78 is 5.20. The molecule has 0 fully saturated rings. The first-order valence-corrected chi connectivity index (χ1v) is 6.62. The Kier molecular flexibility index (Phi) is 4.47. The number of hydrogen-bond acceptors (Lipinski definition) is 5. The molecule has 0 aliphatic carbocycles. The molecule has 1 heterocycles. The van der Waals surface area contributed by atoms with E-state index in [0.29, 0.717) is 12.7 Å². The molecular weight excluding hydrogens is 274 g/mol. The number of carbonyl (C=O) groups is 4. The van der Waals surface area contributed by atoms with Crippen LogP contribution in [0.2, 0.25) is 0 Å². The maximum atomic E-state index is 12.4. The van der Waals surface area contributed by atoms with E-state index >= 15 is 0 Å². The largest absolute Gasteiger partial charge is 0.485 e. The third kappa shape index (κ3) is 2.69. The van der Waals surface area contributed by atoms with E-state index < -0.39 is 11.8 Å². The van der Waals surface area contributed by atoms with E-state index in [9.17, 15) is 19.2 Å². The van der Waals surface area contributed by atoms with Gasteiger partial charge in [0.05, 0.1) is 11.1 Å². The normalized spacial score (nSPS) is 14.8. The van der Waals surface area contributed by atoms with Crippen LogP contribution in [0.15, 0.2) is 18.2 Å². The molecule has 1 aliphatic heterocycles. The zero-order chi connectivity index (χ0) is 15.4. The Hall–Kier alpha value is -2.50. The third-order valence-electron chi connectivity index (χ3n) is 3.36. The van der Waals surface area contributed by atoms with Crippen molar-refractivity contribution in [2.45, 2.75) is 25.8 Å². The van der Waals surface area contributed by atoms with Gasteiger partial charge in [-0.1, -0.05) is 6.07 Å². The lowest BCUT2D eigenvalue weighted by Gasteiger charge is -2.21. The maximum absolute atomic E-state index is 12.4. The van der Waals surface area contributed by atoms with E-state index in [0.717, 1.165) is 11.2 Å². The van der Waals surface area contributed by atoms with E-state index in [4.69, 9.17) is 4.74 Å². The summed E-state index contributed by atoms with van der Waals surface area (Å²) in [6, 6.07) is 4.33. The second-order valence-electron chi connectivity index (χ2n) is 4.73. The van der Waals surface area contributed by atoms with Crippen molar-refractivity contribution in [1.29, 1.82) is 0 Å². The molecule has 110 valence electrons. The van der Waals surface area contributed by atoms with Crippen LogP contribution in [-0.2, 0) is 9.59 Å². The fourth-order valence-corrected chi connectivity index (χ4v) is 2.36. The standard InChI is InChI=1S/C15H15NO5/c1-10(4-3-7-17)16-14(19)11-5-2-6-12(21-9-8-18)13(11)15(16)20/h2,5-8,10H,3-4,9H2,1H3. The second-order valence-corrected chi connectivity index (χ2v) is 4.73. The highest BCUT2D eigenvalue weighted by atomic mass is 16.5. The number of amides is 2. The molecule has 2 amide bonds. The average Bonchev–Trinajstić information content (AvgIpc) is 2.75. The first-order valence-electron chi connectivity index (χ1n) is 6.62. The maximum Gasteiger partial charge on any atom is 0.265 e. The lowest BCUT2D eigenvalue weighted by atomic mass is 10.1. The quantitative estimate of drug-likeness (QED) is 0.557. The fraction of sp³-hybridized carbons (Fsp3) is 0.333. The van der Waals surface area contributed by atoms with Crippen molar-refractivity contribution in [3.05, 3.63) is 29.3 Å². The Morgan fingerprint density at radius 1 is 1.19 bits per heavy atom. The smallest absolute Gasteiger partial charge is 0.265 e. The van der Waals surface area contributed by atoms with Crippen LogP contribution >= 0.6 is 0 Å². The van der Waals surface area contributed by atoms with Crippen molar-refractivity contribution in [3.63, 3.8) is 0 Å². The highest BCUT2D eigenvalue weighted by Gasteiger charge is 2.40. The molecule has 0 aromatic heterocycles. The molecule has 0 N–H and O–H groups in total. The van der Waals surface area contributed by atoms with Gasteiger partial charge in [0.1, 0.15) is 18.6 Å². The van der Waals surface area contributed by atoms with Gasteiger partial charge >= 0.3 is 0 Å². The van der Waals surface area contributed by atoms with Gasteiger partial charge in [-0.25, -0.2) is 0 Å². The summed E-state index contributed by atoms with van der Waals surface area (Å²) in [5.41, 5.74) is 0.448. The first-order chi connectivity index (χ1) is 10.1. The Morgan fingerprint density at radius 2 is 1.95 bits per heavy atom. The van der Waals surface area contributed by atoms with Gasteiger partial charge in [0, 0.05) is 12.5 Å². The van der Waals surface area contributed by atoms with Gasteiger partial charge in [-0.05, 0) is 25.5 Å². The van der Waals surface area contributed by atoms with Crippen LogP contribution < -0.4 is 4.74 Å². The molecule has 1 aromatic rings. The monoisotopic (exact) mass is 289 g/mol. The van der Waals surface area contributed by atoms with Gasteiger partial charge < -0.3 is 9.53 Å². The predicted molar refractivity (Wildman–Crippen MR) is 73.3 cm³/mol. The number of imide groups is 1. The minimum atomic E-state index is -0.449. The molecule has 0 bridgehead atoms. The molecule has 21 heavy (non-hydrogen) atoms. The zero-order valence-electron chi connectivity index (χ0n) is 11.6. The van der Waals surface area contributed by atoms with Crippen LogP contribution in [0.5, 0.6) is 5.75 Å². The van der Waals surface area contributed by atoms with Crippen molar-refractivity contribution < 1.29 is 23.9 Å². The first kappa shape index (κ1) is 14.9. The van der Waals surface area contributed by atoms with Crippen molar-refractivity contribution in [3.8, 4) is 5.75 Å². The molecule has 1 atom stereocenters. The molecule has 1 aliphatic rings. The molecule has 1 unspecified atom stereocenters. The van der Waals surface area contributed by atoms with Crippen molar-refractivity contribution in [1.82, 2.24) is 4.90 Å². The predicted octanol–water partition coefficient (Wildman–Crippen LogP) is 1.23. The summed E-state index contributed by atoms with van der Waals surface area (Å²) in [6.45, 7) is 1.54. The molecule has 0 radical (unpaired) electrons. The Balaban J connectivity index is 2.32. The van der Waals surface area contributed by atoms with E-state index in [1.165, 1.54) is 0 Å². The molecule has 0 saturated carbocycles. The lowest BCUT2D eigenvalue weighted by molar-refractivity contribution is -0.109. The summed E-state index contributed by atoms with van der Waals surface area (Å²) in [5, 5.41) is 0. The number of fused-ring (bicyclic) bond motifs is 1. The number of ether oxygens (including phenoxy) is 1. The summed E-state index contributed by atoms with van der Waals surface area (Å²) >= 11 is 0. The molecule has 1 aromatic carbocycles. The van der Waals surface area contributed by atoms with E-state index in [1.54, 1.807) is 25.1 Å². The van der Waals surface area contributed by atoms with Crippen LogP contribution in [0.1, 0.15) is 40.5 Å². The number of rotatable bonds is 7. The zero-order valence-corrected chi connectivity index (χ0v) is 11.6. The number of carbonyl (C=O) groups excluding carboxylic acids is 4. The summed E-state index contributed by atoms with van der Waals surface area (Å²) in [4.78, 5) is 46.7. The van der Waals surface area contributed by atoms with Crippen molar-refractivity contribution in [2.75, 3.05) is 6.61 Å². The van der Waals surface area contributed by atoms with Crippen LogP contribution in [0.3, 0.4) is 0 Å². The SMILES string of the molecule is CC(CCC=O)N1C(=O)c2cccc(OCC=O)c2C1=O. The van der Waals surface area contributed by atoms with Crippen LogP contribution in [-0.4, -0.2) is 41.9 Å². The van der Waals surface area contributed by atoms with Crippen molar-refractivity contribution in [2.24, 2.45) is 0 Å². The third-order valence-corrected chi connectivity index (χ3v) is 3.36. The Morgan fingerprint density at radius 3 is 2.62 bits per heavy atom. The number of nitrogens with zero attached hydrogens (tertiary/aromatic N) is 1. The lowest BCUT2D eigenvalue weighted by Crippen LogP contribution is -2.38. The van der Waals surface area contributed by atoms with E-state index in [-0.39, 0.29) is 35.9 Å². The topological polar surface area (TPSA) is 80.8 Å². The highest BCUT2D eigenvalue weighted by Crippen LogP contribution is 2.32. The van der Waals surface area contributed by atoms with Gasteiger partial charge in [0.25, 0.3) is 11.8 Å². The minimum Gasteiger partial charge on any atom is -0.485 e. The highest BCUT2D eigenvalue weighted by molar-refractivity contribution is 6.22. The fourth-order valence-electron chi connectivity index (χ4n) is 2.36. The molecule has 0 saturated heterocycles. The number of aldehydes is 2. The number of hydrogen-bond donors (Lipinski definition) is 0. The van der Waals surface area contributed by atoms with E-state index in [1.807, 2.05) is 0 Å².